The molecule has 0 aromatic heterocycles. The first-order chi connectivity index (χ1) is 11.1. The number of amides is 2. The highest BCUT2D eigenvalue weighted by molar-refractivity contribution is 6.20. The van der Waals surface area contributed by atoms with Crippen LogP contribution in [-0.4, -0.2) is 25.3 Å². The number of aryl methyl sites for hydroxylation is 1. The molecule has 1 atom stereocenters. The Morgan fingerprint density at radius 3 is 2.65 bits per heavy atom. The van der Waals surface area contributed by atoms with Gasteiger partial charge in [0, 0.05) is 12.7 Å². The minimum Gasteiger partial charge on any atom is -0.306 e. The molecule has 23 heavy (non-hydrogen) atoms. The molecular formula is C18H21ClN2O2. The zero-order valence-corrected chi connectivity index (χ0v) is 14.1. The molecule has 2 amide bonds. The van der Waals surface area contributed by atoms with Crippen molar-refractivity contribution in [1.82, 2.24) is 5.06 Å². The summed E-state index contributed by atoms with van der Waals surface area (Å²) >= 11 is 6.45. The first-order valence-corrected chi connectivity index (χ1v) is 7.90. The average Bonchev–Trinajstić information content (AvgIpc) is 2.60. The second-order valence-corrected chi connectivity index (χ2v) is 5.75. The van der Waals surface area contributed by atoms with Crippen LogP contribution in [0.25, 0.3) is 0 Å². The van der Waals surface area contributed by atoms with Crippen LogP contribution in [0.4, 0.5) is 10.5 Å². The number of halogens is 1. The maximum atomic E-state index is 11.8. The van der Waals surface area contributed by atoms with E-state index in [1.165, 1.54) is 7.11 Å². The molecule has 0 aliphatic heterocycles. The van der Waals surface area contributed by atoms with Crippen LogP contribution >= 0.6 is 11.6 Å². The van der Waals surface area contributed by atoms with Gasteiger partial charge in [0.15, 0.2) is 0 Å². The van der Waals surface area contributed by atoms with E-state index >= 15 is 0 Å². The Balaban J connectivity index is 1.93. The zero-order chi connectivity index (χ0) is 16.7. The van der Waals surface area contributed by atoms with Crippen molar-refractivity contribution < 1.29 is 9.63 Å². The predicted molar refractivity (Wildman–Crippen MR) is 93.6 cm³/mol. The molecule has 2 aromatic carbocycles. The van der Waals surface area contributed by atoms with Crippen LogP contribution in [0, 0.1) is 0 Å². The Kier molecular flexibility index (Phi) is 6.44. The summed E-state index contributed by atoms with van der Waals surface area (Å²) in [5, 5.41) is 3.90. The van der Waals surface area contributed by atoms with Crippen molar-refractivity contribution in [3.63, 3.8) is 0 Å². The maximum absolute atomic E-state index is 11.8. The highest BCUT2D eigenvalue weighted by atomic mass is 35.5. The number of nitrogens with one attached hydrogen (secondary N) is 1. The Morgan fingerprint density at radius 1 is 1.22 bits per heavy atom. The van der Waals surface area contributed by atoms with Crippen molar-refractivity contribution >= 4 is 23.3 Å². The standard InChI is InChI=1S/C18H21ClN2O2/c1-21(23-2)18(22)20-16-10-6-7-14(13-16)11-12-17(19)15-8-4-3-5-9-15/h3-10,13,17H,11-12H2,1-2H3,(H,20,22). The van der Waals surface area contributed by atoms with E-state index in [9.17, 15) is 4.79 Å². The maximum Gasteiger partial charge on any atom is 0.345 e. The lowest BCUT2D eigenvalue weighted by atomic mass is 10.0. The molecule has 0 aliphatic carbocycles. The molecule has 4 nitrogen and oxygen atoms in total. The van der Waals surface area contributed by atoms with Gasteiger partial charge in [-0.15, -0.1) is 11.6 Å². The number of alkyl halides is 1. The normalized spacial score (nSPS) is 11.8. The Hall–Kier alpha value is -2.04. The van der Waals surface area contributed by atoms with E-state index in [2.05, 4.69) is 5.32 Å². The van der Waals surface area contributed by atoms with Gasteiger partial charge in [0.25, 0.3) is 0 Å². The second kappa shape index (κ2) is 8.56. The van der Waals surface area contributed by atoms with Crippen molar-refractivity contribution in [3.8, 4) is 0 Å². The molecule has 1 N–H and O–H groups in total. The fourth-order valence-corrected chi connectivity index (χ4v) is 2.47. The van der Waals surface area contributed by atoms with Gasteiger partial charge in [-0.1, -0.05) is 42.5 Å². The number of carbonyl (C=O) groups excluding carboxylic acids is 1. The molecule has 2 rings (SSSR count). The third-order valence-corrected chi connectivity index (χ3v) is 4.06. The van der Waals surface area contributed by atoms with Gasteiger partial charge in [-0.3, -0.25) is 4.84 Å². The largest absolute Gasteiger partial charge is 0.345 e. The summed E-state index contributed by atoms with van der Waals surface area (Å²) in [5.74, 6) is 0. The first kappa shape index (κ1) is 17.3. The third-order valence-electron chi connectivity index (χ3n) is 3.59. The van der Waals surface area contributed by atoms with Gasteiger partial charge in [-0.05, 0) is 36.1 Å². The highest BCUT2D eigenvalue weighted by Gasteiger charge is 2.10. The van der Waals surface area contributed by atoms with Crippen LogP contribution < -0.4 is 5.32 Å². The number of hydrogen-bond acceptors (Lipinski definition) is 2. The van der Waals surface area contributed by atoms with E-state index in [0.29, 0.717) is 0 Å². The molecule has 0 fully saturated rings. The lowest BCUT2D eigenvalue weighted by Gasteiger charge is -2.15. The summed E-state index contributed by atoms with van der Waals surface area (Å²) in [6.45, 7) is 0. The van der Waals surface area contributed by atoms with Crippen molar-refractivity contribution in [2.75, 3.05) is 19.5 Å². The Bertz CT molecular complexity index is 634. The van der Waals surface area contributed by atoms with Crippen molar-refractivity contribution in [2.45, 2.75) is 18.2 Å². The number of hydrogen-bond donors (Lipinski definition) is 1. The van der Waals surface area contributed by atoms with Crippen molar-refractivity contribution in [1.29, 1.82) is 0 Å². The lowest BCUT2D eigenvalue weighted by molar-refractivity contribution is -0.0598. The van der Waals surface area contributed by atoms with Crippen LogP contribution in [-0.2, 0) is 11.3 Å². The SMILES string of the molecule is CON(C)C(=O)Nc1cccc(CCC(Cl)c2ccccc2)c1. The van der Waals surface area contributed by atoms with E-state index in [0.717, 1.165) is 34.7 Å². The van der Waals surface area contributed by atoms with Gasteiger partial charge in [0.05, 0.1) is 12.5 Å². The molecule has 2 aromatic rings. The Labute approximate surface area is 142 Å². The molecule has 0 bridgehead atoms. The smallest absolute Gasteiger partial charge is 0.306 e. The van der Waals surface area contributed by atoms with Crippen LogP contribution in [0.15, 0.2) is 54.6 Å². The number of hydroxylamine groups is 2. The molecule has 0 heterocycles. The number of nitrogens with zero attached hydrogens (tertiary/aromatic N) is 1. The van der Waals surface area contributed by atoms with Crippen molar-refractivity contribution in [3.05, 3.63) is 65.7 Å². The lowest BCUT2D eigenvalue weighted by Crippen LogP contribution is -2.30. The number of anilines is 1. The number of benzene rings is 2. The minimum absolute atomic E-state index is 0.0194. The highest BCUT2D eigenvalue weighted by Crippen LogP contribution is 2.26. The monoisotopic (exact) mass is 332 g/mol. The third kappa shape index (κ3) is 5.27. The molecular weight excluding hydrogens is 312 g/mol. The van der Waals surface area contributed by atoms with Crippen LogP contribution in [0.1, 0.15) is 22.9 Å². The van der Waals surface area contributed by atoms with Gasteiger partial charge >= 0.3 is 6.03 Å². The number of urea groups is 1. The molecule has 0 saturated carbocycles. The van der Waals surface area contributed by atoms with E-state index < -0.39 is 0 Å². The number of carbonyl (C=O) groups is 1. The number of rotatable bonds is 6. The van der Waals surface area contributed by atoms with E-state index in [1.807, 2.05) is 54.6 Å². The predicted octanol–water partition coefficient (Wildman–Crippen LogP) is 4.62. The molecule has 5 heteroatoms. The quantitative estimate of drug-likeness (QED) is 0.619. The molecule has 0 spiro atoms. The van der Waals surface area contributed by atoms with Crippen LogP contribution in [0.3, 0.4) is 0 Å². The van der Waals surface area contributed by atoms with E-state index in [1.54, 1.807) is 7.05 Å². The second-order valence-electron chi connectivity index (χ2n) is 5.23. The van der Waals surface area contributed by atoms with Gasteiger partial charge in [-0.25, -0.2) is 9.86 Å². The van der Waals surface area contributed by atoms with Gasteiger partial charge in [0.1, 0.15) is 0 Å². The summed E-state index contributed by atoms with van der Waals surface area (Å²) in [5.41, 5.74) is 2.99. The van der Waals surface area contributed by atoms with Crippen LogP contribution in [0.2, 0.25) is 0 Å². The van der Waals surface area contributed by atoms with Gasteiger partial charge in [-0.2, -0.15) is 0 Å². The first-order valence-electron chi connectivity index (χ1n) is 7.47. The fraction of sp³-hybridized carbons (Fsp3) is 0.278. The van der Waals surface area contributed by atoms with Gasteiger partial charge < -0.3 is 5.32 Å². The molecule has 0 aliphatic rings. The van der Waals surface area contributed by atoms with Crippen molar-refractivity contribution in [2.24, 2.45) is 0 Å². The summed E-state index contributed by atoms with van der Waals surface area (Å²) < 4.78 is 0. The minimum atomic E-state index is -0.316. The molecule has 0 radical (unpaired) electrons. The molecule has 0 saturated heterocycles. The summed E-state index contributed by atoms with van der Waals surface area (Å²) in [7, 11) is 3.00. The van der Waals surface area contributed by atoms with Gasteiger partial charge in [0.2, 0.25) is 0 Å². The van der Waals surface area contributed by atoms with E-state index in [-0.39, 0.29) is 11.4 Å². The average molecular weight is 333 g/mol. The van der Waals surface area contributed by atoms with Crippen LogP contribution in [0.5, 0.6) is 0 Å². The van der Waals surface area contributed by atoms with E-state index in [4.69, 9.17) is 16.4 Å². The topological polar surface area (TPSA) is 41.6 Å². The summed E-state index contributed by atoms with van der Waals surface area (Å²) in [6.07, 6.45) is 1.67. The zero-order valence-electron chi connectivity index (χ0n) is 13.3. The molecule has 122 valence electrons. The Morgan fingerprint density at radius 2 is 1.96 bits per heavy atom. The summed E-state index contributed by atoms with van der Waals surface area (Å²) in [6, 6.07) is 17.5. The molecule has 1 unspecified atom stereocenters. The summed E-state index contributed by atoms with van der Waals surface area (Å²) in [4.78, 5) is 16.6. The fourth-order valence-electron chi connectivity index (χ4n) is 2.21.